The van der Waals surface area contributed by atoms with Crippen molar-refractivity contribution in [2.45, 2.75) is 32.6 Å². The molecule has 0 bridgehead atoms. The van der Waals surface area contributed by atoms with Crippen molar-refractivity contribution in [1.29, 1.82) is 0 Å². The van der Waals surface area contributed by atoms with Crippen molar-refractivity contribution in [3.63, 3.8) is 0 Å². The van der Waals surface area contributed by atoms with Gasteiger partial charge in [-0.3, -0.25) is 0 Å². The molecule has 9 heteroatoms. The Morgan fingerprint density at radius 2 is 1.30 bits per heavy atom. The molecule has 9 nitrogen and oxygen atoms in total. The van der Waals surface area contributed by atoms with E-state index >= 15 is 0 Å². The summed E-state index contributed by atoms with van der Waals surface area (Å²) in [6.07, 6.45) is 0.273. The zero-order chi connectivity index (χ0) is 28.7. The van der Waals surface area contributed by atoms with Gasteiger partial charge in [0, 0.05) is 12.5 Å². The zero-order valence-corrected chi connectivity index (χ0v) is 22.8. The fourth-order valence-corrected chi connectivity index (χ4v) is 3.88. The lowest BCUT2D eigenvalue weighted by molar-refractivity contribution is -0.147. The number of alkyl carbamates (subject to hydrolysis) is 1. The van der Waals surface area contributed by atoms with Gasteiger partial charge in [-0.25, -0.2) is 14.4 Å². The summed E-state index contributed by atoms with van der Waals surface area (Å²) in [5.74, 6) is -0.548. The molecule has 3 aromatic carbocycles. The van der Waals surface area contributed by atoms with E-state index in [1.165, 1.54) is 20.3 Å². The van der Waals surface area contributed by atoms with Crippen molar-refractivity contribution < 1.29 is 38.1 Å². The van der Waals surface area contributed by atoms with Crippen LogP contribution in [0, 0.1) is 0 Å². The maximum absolute atomic E-state index is 13.3. The van der Waals surface area contributed by atoms with Gasteiger partial charge in [-0.05, 0) is 35.8 Å². The van der Waals surface area contributed by atoms with E-state index < -0.39 is 24.1 Å². The number of carbonyl (C=O) groups is 3. The summed E-state index contributed by atoms with van der Waals surface area (Å²) in [6.45, 7) is 1.83. The van der Waals surface area contributed by atoms with Crippen LogP contribution in [-0.4, -0.2) is 44.9 Å². The Morgan fingerprint density at radius 1 is 0.750 bits per heavy atom. The number of amides is 1. The van der Waals surface area contributed by atoms with Crippen molar-refractivity contribution in [2.75, 3.05) is 20.8 Å². The molecule has 0 saturated heterocycles. The summed E-state index contributed by atoms with van der Waals surface area (Å²) >= 11 is 0. The van der Waals surface area contributed by atoms with Gasteiger partial charge in [-0.15, -0.1) is 0 Å². The highest BCUT2D eigenvalue weighted by atomic mass is 16.6. The number of carbonyl (C=O) groups excluding carboxylic acids is 3. The second-order valence-electron chi connectivity index (χ2n) is 8.52. The fourth-order valence-electron chi connectivity index (χ4n) is 3.88. The van der Waals surface area contributed by atoms with Gasteiger partial charge < -0.3 is 29.0 Å². The van der Waals surface area contributed by atoms with Crippen LogP contribution in [0.4, 0.5) is 4.79 Å². The van der Waals surface area contributed by atoms with Gasteiger partial charge in [0.1, 0.15) is 30.8 Å². The third kappa shape index (κ3) is 8.90. The maximum Gasteiger partial charge on any atom is 0.408 e. The molecule has 0 aliphatic carbocycles. The first-order chi connectivity index (χ1) is 19.4. The number of rotatable bonds is 13. The monoisotopic (exact) mass is 547 g/mol. The van der Waals surface area contributed by atoms with Gasteiger partial charge in [0.25, 0.3) is 0 Å². The summed E-state index contributed by atoms with van der Waals surface area (Å²) < 4.78 is 27.1. The minimum Gasteiger partial charge on any atom is -0.496 e. The number of esters is 2. The van der Waals surface area contributed by atoms with Gasteiger partial charge in [-0.2, -0.15) is 0 Å². The minimum atomic E-state index is -1.22. The van der Waals surface area contributed by atoms with Crippen molar-refractivity contribution in [3.05, 3.63) is 102 Å². The molecule has 0 fully saturated rings. The molecule has 0 radical (unpaired) electrons. The molecule has 210 valence electrons. The Hall–Kier alpha value is -4.79. The molecule has 0 heterocycles. The molecule has 0 unspecified atom stereocenters. The smallest absolute Gasteiger partial charge is 0.408 e. The molecule has 1 N–H and O–H groups in total. The van der Waals surface area contributed by atoms with E-state index in [1.807, 2.05) is 60.7 Å². The normalized spacial score (nSPS) is 11.6. The number of methoxy groups -OCH3 is 2. The van der Waals surface area contributed by atoms with E-state index in [4.69, 9.17) is 23.7 Å². The largest absolute Gasteiger partial charge is 0.496 e. The Morgan fingerprint density at radius 3 is 1.82 bits per heavy atom. The van der Waals surface area contributed by atoms with Crippen LogP contribution in [0.5, 0.6) is 11.5 Å². The van der Waals surface area contributed by atoms with Crippen molar-refractivity contribution in [1.82, 2.24) is 5.32 Å². The fraction of sp³-hybridized carbons (Fsp3) is 0.258. The molecular formula is C31H33NO8. The van der Waals surface area contributed by atoms with E-state index in [1.54, 1.807) is 25.1 Å². The summed E-state index contributed by atoms with van der Waals surface area (Å²) in [5, 5.41) is 2.59. The maximum atomic E-state index is 13.3. The summed E-state index contributed by atoms with van der Waals surface area (Å²) in [6, 6.07) is 22.2. The highest BCUT2D eigenvalue weighted by molar-refractivity contribution is 5.95. The molecule has 0 spiro atoms. The van der Waals surface area contributed by atoms with Gasteiger partial charge in [-0.1, -0.05) is 66.7 Å². The van der Waals surface area contributed by atoms with Crippen molar-refractivity contribution in [3.8, 4) is 11.5 Å². The highest BCUT2D eigenvalue weighted by Gasteiger charge is 2.28. The lowest BCUT2D eigenvalue weighted by Gasteiger charge is -2.21. The quantitative estimate of drug-likeness (QED) is 0.179. The van der Waals surface area contributed by atoms with E-state index in [0.29, 0.717) is 22.6 Å². The lowest BCUT2D eigenvalue weighted by atomic mass is 9.96. The summed E-state index contributed by atoms with van der Waals surface area (Å²) in [5.41, 5.74) is 2.32. The van der Waals surface area contributed by atoms with E-state index in [2.05, 4.69) is 5.32 Å². The van der Waals surface area contributed by atoms with E-state index in [9.17, 15) is 14.4 Å². The first kappa shape index (κ1) is 29.8. The van der Waals surface area contributed by atoms with Crippen LogP contribution in [-0.2, 0) is 37.0 Å². The van der Waals surface area contributed by atoms with Crippen LogP contribution in [0.1, 0.15) is 30.0 Å². The van der Waals surface area contributed by atoms with Gasteiger partial charge >= 0.3 is 18.0 Å². The van der Waals surface area contributed by atoms with E-state index in [0.717, 1.165) is 11.1 Å². The van der Waals surface area contributed by atoms with Gasteiger partial charge in [0.15, 0.2) is 0 Å². The first-order valence-electron chi connectivity index (χ1n) is 12.7. The predicted molar refractivity (Wildman–Crippen MR) is 149 cm³/mol. The highest BCUT2D eigenvalue weighted by Crippen LogP contribution is 2.37. The minimum absolute atomic E-state index is 0.00428. The summed E-state index contributed by atoms with van der Waals surface area (Å²) in [7, 11) is 2.95. The average molecular weight is 548 g/mol. The molecule has 0 aromatic heterocycles. The van der Waals surface area contributed by atoms with Crippen LogP contribution in [0.3, 0.4) is 0 Å². The molecule has 3 aromatic rings. The van der Waals surface area contributed by atoms with Crippen LogP contribution in [0.15, 0.2) is 84.9 Å². The number of benzene rings is 3. The van der Waals surface area contributed by atoms with Gasteiger partial charge in [0.2, 0.25) is 0 Å². The molecule has 3 rings (SSSR count). The molecule has 40 heavy (non-hydrogen) atoms. The third-order valence-corrected chi connectivity index (χ3v) is 5.76. The molecule has 0 aliphatic rings. The van der Waals surface area contributed by atoms with Crippen LogP contribution < -0.4 is 14.8 Å². The molecular weight excluding hydrogens is 514 g/mol. The topological polar surface area (TPSA) is 109 Å². The van der Waals surface area contributed by atoms with Gasteiger partial charge in [0.05, 0.1) is 26.4 Å². The Kier molecular flexibility index (Phi) is 11.6. The number of nitrogens with one attached hydrogen (secondary N) is 1. The van der Waals surface area contributed by atoms with Crippen LogP contribution >= 0.6 is 0 Å². The van der Waals surface area contributed by atoms with E-state index in [-0.39, 0.29) is 26.2 Å². The number of ether oxygens (including phenoxy) is 5. The summed E-state index contributed by atoms with van der Waals surface area (Å²) in [4.78, 5) is 38.7. The number of hydrogen-bond acceptors (Lipinski definition) is 8. The molecule has 0 saturated carbocycles. The second kappa shape index (κ2) is 15.6. The Labute approximate surface area is 233 Å². The van der Waals surface area contributed by atoms with Crippen LogP contribution in [0.25, 0.3) is 5.57 Å². The molecule has 0 aliphatic heterocycles. The SMILES string of the molecule is CCOC(=O)/C=C(/C[C@H](NC(=O)OCc1ccccc1)C(=O)OCc1ccccc1)c1c(OC)cccc1OC. The second-order valence-corrected chi connectivity index (χ2v) is 8.52. The average Bonchev–Trinajstić information content (AvgIpc) is 2.98. The standard InChI is InChI=1S/C31H33NO8/c1-4-38-28(33)19-24(29-26(36-2)16-11-17-27(29)37-3)18-25(30(34)39-20-22-12-7-5-8-13-22)32-31(35)40-21-23-14-9-6-10-15-23/h5-17,19,25H,4,18,20-21H2,1-3H3,(H,32,35)/b24-19-/t25-/m0/s1. The van der Waals surface area contributed by atoms with Crippen molar-refractivity contribution >= 4 is 23.6 Å². The molecule has 1 amide bonds. The van der Waals surface area contributed by atoms with Crippen molar-refractivity contribution in [2.24, 2.45) is 0 Å². The zero-order valence-electron chi connectivity index (χ0n) is 22.8. The Balaban J connectivity index is 1.91. The lowest BCUT2D eigenvalue weighted by Crippen LogP contribution is -2.42. The predicted octanol–water partition coefficient (Wildman–Crippen LogP) is 5.08. The first-order valence-corrected chi connectivity index (χ1v) is 12.7. The third-order valence-electron chi connectivity index (χ3n) is 5.76. The Bertz CT molecular complexity index is 1270. The van der Waals surface area contributed by atoms with Crippen LogP contribution in [0.2, 0.25) is 0 Å². The molecule has 1 atom stereocenters. The number of hydrogen-bond donors (Lipinski definition) is 1.